The number of phenolic OH excluding ortho intramolecular Hbond substituents is 1. The van der Waals surface area contributed by atoms with Crippen LogP contribution in [0.3, 0.4) is 0 Å². The number of ether oxygens (including phenoxy) is 2. The maximum absolute atomic E-state index is 12.7. The normalized spacial score (nSPS) is 28.8. The van der Waals surface area contributed by atoms with Gasteiger partial charge in [0.05, 0.1) is 6.61 Å². The fraction of sp³-hybridized carbons (Fsp3) is 0.286. The van der Waals surface area contributed by atoms with E-state index in [-0.39, 0.29) is 5.75 Å². The molecule has 1 fully saturated rings. The highest BCUT2D eigenvalue weighted by atomic mass is 16.7. The smallest absolute Gasteiger partial charge is 0.268 e. The number of ketones is 3. The number of aromatic hydroxyl groups is 1. The van der Waals surface area contributed by atoms with Crippen LogP contribution in [0.25, 0.3) is 6.08 Å². The summed E-state index contributed by atoms with van der Waals surface area (Å²) in [6.45, 7) is -0.775. The van der Waals surface area contributed by atoms with Crippen molar-refractivity contribution in [2.45, 2.75) is 30.7 Å². The average molecular weight is 448 g/mol. The zero-order valence-corrected chi connectivity index (χ0v) is 16.4. The monoisotopic (exact) mass is 448 g/mol. The maximum atomic E-state index is 12.7. The van der Waals surface area contributed by atoms with Gasteiger partial charge >= 0.3 is 0 Å². The van der Waals surface area contributed by atoms with Crippen LogP contribution >= 0.6 is 0 Å². The van der Waals surface area contributed by atoms with Gasteiger partial charge in [0.2, 0.25) is 12.1 Å². The molecule has 32 heavy (non-hydrogen) atoms. The van der Waals surface area contributed by atoms with E-state index in [2.05, 4.69) is 0 Å². The van der Waals surface area contributed by atoms with Crippen LogP contribution in [-0.4, -0.2) is 85.3 Å². The van der Waals surface area contributed by atoms with Gasteiger partial charge in [-0.1, -0.05) is 18.2 Å². The number of phenols is 1. The number of aliphatic hydroxyl groups excluding tert-OH is 5. The first-order valence-corrected chi connectivity index (χ1v) is 9.36. The van der Waals surface area contributed by atoms with E-state index in [4.69, 9.17) is 9.47 Å². The Kier molecular flexibility index (Phi) is 6.87. The first-order valence-electron chi connectivity index (χ1n) is 9.36. The summed E-state index contributed by atoms with van der Waals surface area (Å²) in [6, 6.07) is 5.72. The number of benzene rings is 1. The lowest BCUT2D eigenvalue weighted by atomic mass is 9.96. The average Bonchev–Trinajstić information content (AvgIpc) is 2.76. The lowest BCUT2D eigenvalue weighted by Crippen LogP contribution is -2.59. The summed E-state index contributed by atoms with van der Waals surface area (Å²) < 4.78 is 10.4. The van der Waals surface area contributed by atoms with E-state index in [0.717, 1.165) is 6.08 Å². The van der Waals surface area contributed by atoms with Crippen LogP contribution in [0.1, 0.15) is 5.56 Å². The van der Waals surface area contributed by atoms with Crippen LogP contribution in [0, 0.1) is 0 Å². The number of hydrogen-bond acceptors (Lipinski definition) is 11. The van der Waals surface area contributed by atoms with E-state index in [1.165, 1.54) is 30.3 Å². The number of carbonyl (C=O) groups is 3. The molecular weight excluding hydrogens is 428 g/mol. The number of aliphatic hydroxyl groups is 5. The van der Waals surface area contributed by atoms with Crippen molar-refractivity contribution >= 4 is 23.4 Å². The zero-order chi connectivity index (χ0) is 23.6. The van der Waals surface area contributed by atoms with Crippen molar-refractivity contribution in [3.05, 3.63) is 59.1 Å². The molecule has 0 radical (unpaired) electrons. The second kappa shape index (κ2) is 9.42. The highest BCUT2D eigenvalue weighted by molar-refractivity contribution is 6.49. The zero-order valence-electron chi connectivity index (χ0n) is 16.4. The Labute approximate surface area is 180 Å². The van der Waals surface area contributed by atoms with Gasteiger partial charge in [-0.05, 0) is 23.8 Å². The van der Waals surface area contributed by atoms with Crippen molar-refractivity contribution in [1.82, 2.24) is 0 Å². The Morgan fingerprint density at radius 1 is 1.03 bits per heavy atom. The first kappa shape index (κ1) is 23.3. The lowest BCUT2D eigenvalue weighted by Gasteiger charge is -2.39. The van der Waals surface area contributed by atoms with Crippen LogP contribution in [0.4, 0.5) is 0 Å². The van der Waals surface area contributed by atoms with Gasteiger partial charge in [-0.15, -0.1) is 0 Å². The molecule has 3 rings (SSSR count). The third-order valence-electron chi connectivity index (χ3n) is 4.83. The standard InChI is InChI=1S/C21H20O11/c22-8-14-17(28)18(29)19(30)21(31-14)32-20-15(12(25)7-13(26)16(20)27)11(24)6-3-9-1-4-10(23)5-2-9/h1-7,14,17-19,21-23,25,28-30H,8H2/t14-,17-,18+,19-,21+/m1/s1. The van der Waals surface area contributed by atoms with Gasteiger partial charge < -0.3 is 40.1 Å². The summed E-state index contributed by atoms with van der Waals surface area (Å²) in [5.74, 6) is -5.26. The number of rotatable bonds is 6. The van der Waals surface area contributed by atoms with Gasteiger partial charge in [-0.3, -0.25) is 14.4 Å². The fourth-order valence-corrected chi connectivity index (χ4v) is 3.08. The van der Waals surface area contributed by atoms with Crippen molar-refractivity contribution in [3.63, 3.8) is 0 Å². The van der Waals surface area contributed by atoms with Crippen LogP contribution in [0.15, 0.2) is 53.5 Å². The molecule has 6 N–H and O–H groups in total. The minimum atomic E-state index is -1.92. The molecule has 170 valence electrons. The Morgan fingerprint density at radius 2 is 1.69 bits per heavy atom. The summed E-state index contributed by atoms with van der Waals surface area (Å²) in [6.07, 6.45) is -5.85. The highest BCUT2D eigenvalue weighted by Gasteiger charge is 2.46. The van der Waals surface area contributed by atoms with Crippen LogP contribution < -0.4 is 0 Å². The maximum Gasteiger partial charge on any atom is 0.268 e. The molecule has 5 atom stereocenters. The topological polar surface area (TPSA) is 191 Å². The van der Waals surface area contributed by atoms with Crippen molar-refractivity contribution in [1.29, 1.82) is 0 Å². The van der Waals surface area contributed by atoms with E-state index in [9.17, 15) is 45.0 Å². The second-order valence-electron chi connectivity index (χ2n) is 7.03. The molecule has 11 nitrogen and oxygen atoms in total. The molecule has 1 aromatic rings. The molecule has 2 aliphatic rings. The quantitative estimate of drug-likeness (QED) is 0.171. The summed E-state index contributed by atoms with van der Waals surface area (Å²) in [5.41, 5.74) is -0.198. The second-order valence-corrected chi connectivity index (χ2v) is 7.03. The molecule has 1 heterocycles. The molecule has 0 aromatic heterocycles. The van der Waals surface area contributed by atoms with Crippen LogP contribution in [0.5, 0.6) is 5.75 Å². The van der Waals surface area contributed by atoms with Gasteiger partial charge in [0, 0.05) is 6.08 Å². The van der Waals surface area contributed by atoms with Crippen LogP contribution in [-0.2, 0) is 23.9 Å². The van der Waals surface area contributed by atoms with E-state index in [1.807, 2.05) is 0 Å². The molecule has 0 saturated carbocycles. The fourth-order valence-electron chi connectivity index (χ4n) is 3.08. The van der Waals surface area contributed by atoms with Crippen molar-refractivity contribution in [3.8, 4) is 5.75 Å². The van der Waals surface area contributed by atoms with Gasteiger partial charge in [-0.2, -0.15) is 0 Å². The minimum Gasteiger partial charge on any atom is -0.508 e. The Bertz CT molecular complexity index is 1000. The van der Waals surface area contributed by atoms with Crippen molar-refractivity contribution in [2.24, 2.45) is 0 Å². The Balaban J connectivity index is 1.94. The molecule has 11 heteroatoms. The third-order valence-corrected chi connectivity index (χ3v) is 4.83. The molecular formula is C21H20O11. The number of allylic oxidation sites excluding steroid dienone is 4. The van der Waals surface area contributed by atoms with Gasteiger partial charge in [0.1, 0.15) is 41.5 Å². The molecule has 1 aliphatic heterocycles. The lowest BCUT2D eigenvalue weighted by molar-refractivity contribution is -0.290. The molecule has 0 bridgehead atoms. The van der Waals surface area contributed by atoms with E-state index in [1.54, 1.807) is 0 Å². The summed E-state index contributed by atoms with van der Waals surface area (Å²) in [4.78, 5) is 37.0. The molecule has 0 amide bonds. The van der Waals surface area contributed by atoms with E-state index >= 15 is 0 Å². The Morgan fingerprint density at radius 3 is 2.31 bits per heavy atom. The third kappa shape index (κ3) is 4.61. The molecule has 1 aromatic carbocycles. The van der Waals surface area contributed by atoms with Crippen LogP contribution in [0.2, 0.25) is 0 Å². The summed E-state index contributed by atoms with van der Waals surface area (Å²) in [5, 5.41) is 58.5. The number of carbonyl (C=O) groups excluding carboxylic acids is 3. The Hall–Kier alpha value is -3.35. The SMILES string of the molecule is O=C1C=C(O)C(C(=O)C=Cc2ccc(O)cc2)=C(O[C@@H]2O[C@H](CO)[C@@H](O)[C@H](O)[C@H]2O)C1=O. The number of hydrogen-bond donors (Lipinski definition) is 6. The van der Waals surface area contributed by atoms with E-state index in [0.29, 0.717) is 11.6 Å². The molecule has 1 aliphatic carbocycles. The minimum absolute atomic E-state index is 0.00312. The van der Waals surface area contributed by atoms with Gasteiger partial charge in [0.25, 0.3) is 5.78 Å². The summed E-state index contributed by atoms with van der Waals surface area (Å²) >= 11 is 0. The molecule has 1 saturated heterocycles. The number of Topliss-reactive ketones (excluding diaryl/α,β-unsaturated/α-hetero) is 1. The summed E-state index contributed by atoms with van der Waals surface area (Å²) in [7, 11) is 0. The predicted molar refractivity (Wildman–Crippen MR) is 105 cm³/mol. The first-order chi connectivity index (χ1) is 15.1. The molecule has 0 spiro atoms. The van der Waals surface area contributed by atoms with E-state index < -0.39 is 71.8 Å². The van der Waals surface area contributed by atoms with Gasteiger partial charge in [-0.25, -0.2) is 0 Å². The van der Waals surface area contributed by atoms with Crippen molar-refractivity contribution in [2.75, 3.05) is 6.61 Å². The van der Waals surface area contributed by atoms with Gasteiger partial charge in [0.15, 0.2) is 11.5 Å². The highest BCUT2D eigenvalue weighted by Crippen LogP contribution is 2.28. The van der Waals surface area contributed by atoms with Crippen molar-refractivity contribution < 1.29 is 54.5 Å². The predicted octanol–water partition coefficient (Wildman–Crippen LogP) is -1.36. The largest absolute Gasteiger partial charge is 0.508 e. The molecule has 0 unspecified atom stereocenters.